The number of aryl methyl sites for hydroxylation is 1. The summed E-state index contributed by atoms with van der Waals surface area (Å²) in [6, 6.07) is 18.0. The van der Waals surface area contributed by atoms with Crippen LogP contribution in [-0.2, 0) is 0 Å². The zero-order chi connectivity index (χ0) is 21.4. The highest BCUT2D eigenvalue weighted by Crippen LogP contribution is 2.28. The van der Waals surface area contributed by atoms with Crippen molar-refractivity contribution < 1.29 is 6.85 Å². The zero-order valence-electron chi connectivity index (χ0n) is 19.3. The largest absolute Gasteiger partial charge is 0.256 e. The minimum atomic E-state index is -2.15. The van der Waals surface area contributed by atoms with E-state index < -0.39 is 18.6 Å². The van der Waals surface area contributed by atoms with E-state index in [-0.39, 0.29) is 5.56 Å². The van der Waals surface area contributed by atoms with Crippen LogP contribution < -0.4 is 0 Å². The molecule has 0 amide bonds. The first-order chi connectivity index (χ1) is 13.4. The third-order valence-corrected chi connectivity index (χ3v) is 4.25. The van der Waals surface area contributed by atoms with Gasteiger partial charge in [-0.2, -0.15) is 0 Å². The van der Waals surface area contributed by atoms with Crippen LogP contribution in [0.5, 0.6) is 0 Å². The van der Waals surface area contributed by atoms with Gasteiger partial charge in [-0.3, -0.25) is 4.98 Å². The van der Waals surface area contributed by atoms with Crippen molar-refractivity contribution in [2.45, 2.75) is 39.4 Å². The highest BCUT2D eigenvalue weighted by molar-refractivity contribution is 5.61. The van der Waals surface area contributed by atoms with Gasteiger partial charge in [0.2, 0.25) is 0 Å². The average molecular weight is 320 g/mol. The minimum Gasteiger partial charge on any atom is -0.256 e. The number of nitrogens with zero attached hydrogens (tertiary/aromatic N) is 1. The summed E-state index contributed by atoms with van der Waals surface area (Å²) in [4.78, 5) is 4.45. The number of aromatic nitrogens is 1. The first kappa shape index (κ1) is 11.2. The quantitative estimate of drug-likeness (QED) is 0.547. The van der Waals surface area contributed by atoms with Gasteiger partial charge in [0, 0.05) is 24.5 Å². The molecule has 0 N–H and O–H groups in total. The summed E-state index contributed by atoms with van der Waals surface area (Å²) in [5.74, 6) is -1.76. The Morgan fingerprint density at radius 2 is 1.67 bits per heavy atom. The lowest BCUT2D eigenvalue weighted by molar-refractivity contribution is 0.863. The molecule has 1 nitrogen and oxygen atoms in total. The first-order valence-electron chi connectivity index (χ1n) is 10.6. The summed E-state index contributed by atoms with van der Waals surface area (Å²) in [5.41, 5.74) is 4.29. The summed E-state index contributed by atoms with van der Waals surface area (Å²) < 4.78 is 39.7. The predicted molar refractivity (Wildman–Crippen MR) is 102 cm³/mol. The van der Waals surface area contributed by atoms with Crippen molar-refractivity contribution >= 4 is 0 Å². The Morgan fingerprint density at radius 1 is 0.875 bits per heavy atom. The molecule has 0 fully saturated rings. The van der Waals surface area contributed by atoms with Gasteiger partial charge in [0.1, 0.15) is 0 Å². The van der Waals surface area contributed by atoms with Crippen LogP contribution in [0.3, 0.4) is 0 Å². The van der Waals surface area contributed by atoms with E-state index in [9.17, 15) is 0 Å². The van der Waals surface area contributed by atoms with Crippen LogP contribution >= 0.6 is 0 Å². The molecule has 0 saturated carbocycles. The highest BCUT2D eigenvalue weighted by Gasteiger charge is 2.10. The number of benzene rings is 2. The van der Waals surface area contributed by atoms with Crippen molar-refractivity contribution in [2.75, 3.05) is 0 Å². The lowest BCUT2D eigenvalue weighted by atomic mass is 9.91. The fraction of sp³-hybridized carbons (Fsp3) is 0.261. The highest BCUT2D eigenvalue weighted by atomic mass is 14.7. The summed E-state index contributed by atoms with van der Waals surface area (Å²) in [6.45, 7) is 3.32. The number of hydrogen-bond donors (Lipinski definition) is 0. The van der Waals surface area contributed by atoms with E-state index in [1.165, 1.54) is 0 Å². The minimum absolute atomic E-state index is 0.268. The predicted octanol–water partition coefficient (Wildman–Crippen LogP) is 6.33. The lowest BCUT2D eigenvalue weighted by Crippen LogP contribution is -1.97. The van der Waals surface area contributed by atoms with Gasteiger partial charge in [-0.05, 0) is 47.6 Å². The standard InChI is InChI=1S/C23H25N/c1-16(2)20-12-13-24-23(15-20)22-7-5-6-21(14-22)18(4)19-10-8-17(3)9-11-19/h5-16,18H,1-4H3/i3D3,16D,18D. The first-order valence-corrected chi connectivity index (χ1v) is 8.07. The Kier molecular flexibility index (Phi) is 3.27. The van der Waals surface area contributed by atoms with Crippen molar-refractivity contribution in [3.8, 4) is 11.3 Å². The van der Waals surface area contributed by atoms with Gasteiger partial charge < -0.3 is 0 Å². The van der Waals surface area contributed by atoms with Gasteiger partial charge in [0.25, 0.3) is 0 Å². The van der Waals surface area contributed by atoms with Crippen molar-refractivity contribution in [3.05, 3.63) is 89.1 Å². The molecule has 0 aliphatic carbocycles. The van der Waals surface area contributed by atoms with E-state index >= 15 is 0 Å². The van der Waals surface area contributed by atoms with E-state index in [4.69, 9.17) is 6.85 Å². The second-order valence-electron chi connectivity index (χ2n) is 6.21. The molecule has 3 aromatic rings. The maximum atomic E-state index is 8.94. The van der Waals surface area contributed by atoms with Crippen LogP contribution in [0.4, 0.5) is 0 Å². The van der Waals surface area contributed by atoms with E-state index in [0.29, 0.717) is 0 Å². The van der Waals surface area contributed by atoms with Gasteiger partial charge in [-0.15, -0.1) is 0 Å². The van der Waals surface area contributed by atoms with E-state index in [2.05, 4.69) is 4.98 Å². The van der Waals surface area contributed by atoms with E-state index in [0.717, 1.165) is 27.9 Å². The molecule has 0 radical (unpaired) electrons. The Morgan fingerprint density at radius 3 is 2.38 bits per heavy atom. The number of pyridine rings is 1. The second-order valence-corrected chi connectivity index (χ2v) is 6.21. The second kappa shape index (κ2) is 7.00. The molecule has 1 atom stereocenters. The summed E-state index contributed by atoms with van der Waals surface area (Å²) >= 11 is 0. The average Bonchev–Trinajstić information content (AvgIpc) is 2.67. The Balaban J connectivity index is 1.98. The van der Waals surface area contributed by atoms with E-state index in [1.54, 1.807) is 37.4 Å². The molecule has 1 unspecified atom stereocenters. The fourth-order valence-corrected chi connectivity index (χ4v) is 2.70. The van der Waals surface area contributed by atoms with Gasteiger partial charge in [-0.25, -0.2) is 0 Å². The summed E-state index contributed by atoms with van der Waals surface area (Å²) in [6.07, 6.45) is 1.71. The molecule has 0 bridgehead atoms. The molecule has 1 heteroatoms. The third-order valence-electron chi connectivity index (χ3n) is 4.25. The fourth-order valence-electron chi connectivity index (χ4n) is 2.70. The van der Waals surface area contributed by atoms with Crippen LogP contribution in [0.2, 0.25) is 0 Å². The molecule has 0 aliphatic rings. The van der Waals surface area contributed by atoms with Crippen molar-refractivity contribution in [3.63, 3.8) is 0 Å². The molecule has 0 saturated heterocycles. The zero-order valence-corrected chi connectivity index (χ0v) is 14.3. The summed E-state index contributed by atoms with van der Waals surface area (Å²) in [5, 5.41) is 0. The van der Waals surface area contributed by atoms with E-state index in [1.807, 2.05) is 50.2 Å². The lowest BCUT2D eigenvalue weighted by Gasteiger charge is -2.14. The van der Waals surface area contributed by atoms with Crippen LogP contribution in [0, 0.1) is 6.85 Å². The Labute approximate surface area is 152 Å². The maximum Gasteiger partial charge on any atom is 0.0704 e. The van der Waals surface area contributed by atoms with Crippen LogP contribution in [-0.4, -0.2) is 4.98 Å². The SMILES string of the molecule is [2H]C([2H])([2H])c1ccc(C([2H])(C)c2cccc(-c3cc(C([2H])(C)C)ccn3)c2)cc1. The van der Waals surface area contributed by atoms with Gasteiger partial charge >= 0.3 is 0 Å². The van der Waals surface area contributed by atoms with Crippen molar-refractivity contribution in [1.82, 2.24) is 4.98 Å². The molecular weight excluding hydrogens is 290 g/mol. The topological polar surface area (TPSA) is 12.9 Å². The third kappa shape index (κ3) is 3.56. The van der Waals surface area contributed by atoms with Crippen LogP contribution in [0.25, 0.3) is 11.3 Å². The Hall–Kier alpha value is -2.41. The summed E-state index contributed by atoms with van der Waals surface area (Å²) in [7, 11) is 0. The van der Waals surface area contributed by atoms with Crippen LogP contribution in [0.15, 0.2) is 66.9 Å². The molecule has 24 heavy (non-hydrogen) atoms. The van der Waals surface area contributed by atoms with Gasteiger partial charge in [0.05, 0.1) is 5.69 Å². The molecule has 0 spiro atoms. The molecule has 3 rings (SSSR count). The normalized spacial score (nSPS) is 17.7. The van der Waals surface area contributed by atoms with Gasteiger partial charge in [-0.1, -0.05) is 68.8 Å². The molecule has 1 heterocycles. The number of hydrogen-bond acceptors (Lipinski definition) is 1. The maximum absolute atomic E-state index is 8.94. The molecule has 122 valence electrons. The smallest absolute Gasteiger partial charge is 0.0704 e. The molecule has 1 aromatic heterocycles. The monoisotopic (exact) mass is 320 g/mol. The van der Waals surface area contributed by atoms with Crippen molar-refractivity contribution in [1.29, 1.82) is 0 Å². The Bertz CT molecular complexity index is 999. The molecule has 2 aromatic carbocycles. The van der Waals surface area contributed by atoms with Crippen molar-refractivity contribution in [2.24, 2.45) is 0 Å². The molecule has 0 aliphatic heterocycles. The number of rotatable bonds is 4. The van der Waals surface area contributed by atoms with Gasteiger partial charge in [0.15, 0.2) is 0 Å². The molecular formula is C23H25N. The van der Waals surface area contributed by atoms with Crippen LogP contribution in [0.1, 0.15) is 61.7 Å².